The van der Waals surface area contributed by atoms with Crippen LogP contribution in [0, 0.1) is 22.2 Å². The van der Waals surface area contributed by atoms with Crippen LogP contribution in [0.15, 0.2) is 21.7 Å². The molecule has 0 bridgehead atoms. The van der Waals surface area contributed by atoms with Gasteiger partial charge in [-0.2, -0.15) is 5.26 Å². The molecule has 0 saturated carbocycles. The zero-order valence-corrected chi connectivity index (χ0v) is 26.4. The Bertz CT molecular complexity index is 1430. The number of rotatable bonds is 12. The molecule has 1 fully saturated rings. The van der Waals surface area contributed by atoms with Crippen LogP contribution in [0.3, 0.4) is 0 Å². The standard InChI is InChI=1S/C28H43N7O6Si/c1-7-8-13-32-22(36)20(21(30)31)23(37)35(26(32)40)19-9-11-28(16-29,12-10-19)17-34-25(39)33(24(38)27(34,2)3)18-41-14-15-42(4,5)6/h9,11,19,36H,7-8,10,12-15,17-18H2,1-6H3,(H3,30,31). The lowest BCUT2D eigenvalue weighted by atomic mass is 9.77. The summed E-state index contributed by atoms with van der Waals surface area (Å²) in [7, 11) is -1.35. The van der Waals surface area contributed by atoms with E-state index in [4.69, 9.17) is 15.9 Å². The first-order valence-electron chi connectivity index (χ1n) is 14.3. The number of carbonyl (C=O) groups is 2. The summed E-state index contributed by atoms with van der Waals surface area (Å²) < 4.78 is 7.68. The van der Waals surface area contributed by atoms with Crippen LogP contribution in [-0.2, 0) is 16.1 Å². The third kappa shape index (κ3) is 6.36. The smallest absolute Gasteiger partial charge is 0.334 e. The highest BCUT2D eigenvalue weighted by Gasteiger charge is 2.53. The number of nitriles is 1. The molecule has 0 aromatic carbocycles. The number of hydrogen-bond donors (Lipinski definition) is 3. The van der Waals surface area contributed by atoms with E-state index in [1.54, 1.807) is 26.0 Å². The number of hydrogen-bond acceptors (Lipinski definition) is 8. The number of nitrogens with one attached hydrogen (secondary N) is 1. The minimum absolute atomic E-state index is 0.0698. The molecule has 13 nitrogen and oxygen atoms in total. The van der Waals surface area contributed by atoms with Gasteiger partial charge in [-0.15, -0.1) is 0 Å². The number of nitrogens with two attached hydrogens (primary N) is 1. The molecule has 3 rings (SSSR count). The Balaban J connectivity index is 1.89. The van der Waals surface area contributed by atoms with Crippen molar-refractivity contribution in [2.24, 2.45) is 11.1 Å². The summed E-state index contributed by atoms with van der Waals surface area (Å²) in [5.41, 5.74) is 1.14. The van der Waals surface area contributed by atoms with Gasteiger partial charge in [0.2, 0.25) is 5.88 Å². The van der Waals surface area contributed by atoms with E-state index in [1.165, 1.54) is 4.90 Å². The minimum atomic E-state index is -1.35. The van der Waals surface area contributed by atoms with Crippen molar-refractivity contribution in [3.8, 4) is 11.9 Å². The van der Waals surface area contributed by atoms with Gasteiger partial charge in [-0.25, -0.2) is 14.5 Å². The lowest BCUT2D eigenvalue weighted by molar-refractivity contribution is -0.135. The maximum absolute atomic E-state index is 13.4. The van der Waals surface area contributed by atoms with E-state index in [2.05, 4.69) is 25.7 Å². The topological polar surface area (TPSA) is 188 Å². The average Bonchev–Trinajstić information content (AvgIpc) is 3.05. The highest BCUT2D eigenvalue weighted by atomic mass is 28.3. The fourth-order valence-corrected chi connectivity index (χ4v) is 5.93. The second kappa shape index (κ2) is 12.3. The zero-order valence-electron chi connectivity index (χ0n) is 25.4. The molecule has 0 radical (unpaired) electrons. The number of carbonyl (C=O) groups excluding carboxylic acids is 2. The first kappa shape index (κ1) is 32.8. The molecule has 1 saturated heterocycles. The predicted molar refractivity (Wildman–Crippen MR) is 160 cm³/mol. The van der Waals surface area contributed by atoms with E-state index < -0.39 is 65.5 Å². The predicted octanol–water partition coefficient (Wildman–Crippen LogP) is 2.56. The summed E-state index contributed by atoms with van der Waals surface area (Å²) in [6.07, 6.45) is 4.79. The van der Waals surface area contributed by atoms with Gasteiger partial charge in [-0.05, 0) is 39.2 Å². The van der Waals surface area contributed by atoms with Crippen molar-refractivity contribution in [2.75, 3.05) is 19.9 Å². The van der Waals surface area contributed by atoms with Gasteiger partial charge in [-0.1, -0.05) is 45.1 Å². The molecule has 3 amide bonds. The third-order valence-corrected chi connectivity index (χ3v) is 9.70. The van der Waals surface area contributed by atoms with Gasteiger partial charge in [0.15, 0.2) is 0 Å². The normalized spacial score (nSPS) is 22.1. The van der Waals surface area contributed by atoms with E-state index in [-0.39, 0.29) is 32.7 Å². The number of amides is 3. The zero-order chi connectivity index (χ0) is 31.6. The van der Waals surface area contributed by atoms with Crippen molar-refractivity contribution in [3.05, 3.63) is 38.6 Å². The monoisotopic (exact) mass is 601 g/mol. The lowest BCUT2D eigenvalue weighted by Gasteiger charge is -2.37. The molecule has 2 aliphatic rings. The molecule has 1 aromatic heterocycles. The van der Waals surface area contributed by atoms with Gasteiger partial charge < -0.3 is 20.5 Å². The molecule has 42 heavy (non-hydrogen) atoms. The van der Waals surface area contributed by atoms with Crippen LogP contribution in [0.4, 0.5) is 4.79 Å². The van der Waals surface area contributed by atoms with Gasteiger partial charge >= 0.3 is 11.7 Å². The maximum Gasteiger partial charge on any atom is 0.334 e. The van der Waals surface area contributed by atoms with Gasteiger partial charge in [-0.3, -0.25) is 24.1 Å². The van der Waals surface area contributed by atoms with Crippen molar-refractivity contribution < 1.29 is 19.4 Å². The molecule has 2 heterocycles. The second-order valence-corrected chi connectivity index (χ2v) is 18.4. The largest absolute Gasteiger partial charge is 0.494 e. The van der Waals surface area contributed by atoms with Gasteiger partial charge in [0, 0.05) is 27.8 Å². The molecule has 1 aliphatic heterocycles. The molecular weight excluding hydrogens is 558 g/mol. The highest BCUT2D eigenvalue weighted by molar-refractivity contribution is 6.76. The second-order valence-electron chi connectivity index (χ2n) is 12.8. The number of nitrogen functional groups attached to an aromatic ring is 1. The highest BCUT2D eigenvalue weighted by Crippen LogP contribution is 2.39. The first-order chi connectivity index (χ1) is 19.5. The quantitative estimate of drug-likeness (QED) is 0.0814. The van der Waals surface area contributed by atoms with Crippen molar-refractivity contribution in [2.45, 2.75) is 90.3 Å². The van der Waals surface area contributed by atoms with Crippen molar-refractivity contribution in [3.63, 3.8) is 0 Å². The summed E-state index contributed by atoms with van der Waals surface area (Å²) in [5.74, 6) is -1.70. The first-order valence-corrected chi connectivity index (χ1v) is 18.0. The number of imide groups is 1. The number of nitrogens with zero attached hydrogens (tertiary/aromatic N) is 5. The van der Waals surface area contributed by atoms with Crippen LogP contribution in [0.5, 0.6) is 5.88 Å². The Morgan fingerprint density at radius 3 is 2.45 bits per heavy atom. The Labute approximate surface area is 246 Å². The maximum atomic E-state index is 13.4. The minimum Gasteiger partial charge on any atom is -0.494 e. The number of aromatic hydroxyl groups is 1. The van der Waals surface area contributed by atoms with Crippen LogP contribution < -0.4 is 17.0 Å². The van der Waals surface area contributed by atoms with Crippen LogP contribution in [0.25, 0.3) is 0 Å². The Kier molecular flexibility index (Phi) is 9.58. The van der Waals surface area contributed by atoms with Gasteiger partial charge in [0.25, 0.3) is 11.5 Å². The van der Waals surface area contributed by atoms with Crippen LogP contribution in [0.2, 0.25) is 25.7 Å². The SMILES string of the molecule is CCCCn1c(O)c(C(=N)N)c(=O)n(C2C=CC(C#N)(CN3C(=O)N(COCC[Si](C)(C)C)C(=O)C3(C)C)CC2)c1=O. The summed E-state index contributed by atoms with van der Waals surface area (Å²) in [6.45, 7) is 12.2. The molecule has 230 valence electrons. The van der Waals surface area contributed by atoms with Crippen LogP contribution in [-0.4, -0.2) is 75.3 Å². The number of unbranched alkanes of at least 4 members (excludes halogenated alkanes) is 1. The molecule has 14 heteroatoms. The Morgan fingerprint density at radius 1 is 1.26 bits per heavy atom. The summed E-state index contributed by atoms with van der Waals surface area (Å²) >= 11 is 0. The van der Waals surface area contributed by atoms with E-state index in [0.29, 0.717) is 13.0 Å². The molecule has 2 unspecified atom stereocenters. The summed E-state index contributed by atoms with van der Waals surface area (Å²) in [6, 6.07) is 1.86. The van der Waals surface area contributed by atoms with Crippen molar-refractivity contribution in [1.82, 2.24) is 18.9 Å². The fourth-order valence-electron chi connectivity index (χ4n) is 5.17. The van der Waals surface area contributed by atoms with Crippen LogP contribution >= 0.6 is 0 Å². The molecule has 1 aromatic rings. The van der Waals surface area contributed by atoms with E-state index >= 15 is 0 Å². The number of amidine groups is 1. The van der Waals surface area contributed by atoms with E-state index in [1.807, 2.05) is 6.92 Å². The Morgan fingerprint density at radius 2 is 1.93 bits per heavy atom. The third-order valence-electron chi connectivity index (χ3n) is 7.99. The number of ether oxygens (including phenoxy) is 1. The van der Waals surface area contributed by atoms with Crippen molar-refractivity contribution in [1.29, 1.82) is 10.7 Å². The number of urea groups is 1. The van der Waals surface area contributed by atoms with Gasteiger partial charge in [0.05, 0.1) is 17.5 Å². The molecule has 1 aliphatic carbocycles. The number of aromatic nitrogens is 2. The fraction of sp³-hybridized carbons (Fsp3) is 0.643. The summed E-state index contributed by atoms with van der Waals surface area (Å²) in [4.78, 5) is 55.5. The van der Waals surface area contributed by atoms with Gasteiger partial charge in [0.1, 0.15) is 23.7 Å². The Hall–Kier alpha value is -3.70. The van der Waals surface area contributed by atoms with E-state index in [9.17, 15) is 29.5 Å². The molecular formula is C28H43N7O6Si. The van der Waals surface area contributed by atoms with Crippen molar-refractivity contribution >= 4 is 25.8 Å². The molecule has 2 atom stereocenters. The summed E-state index contributed by atoms with van der Waals surface area (Å²) in [5, 5.41) is 28.6. The van der Waals surface area contributed by atoms with Crippen LogP contribution in [0.1, 0.15) is 58.1 Å². The molecule has 0 spiro atoms. The van der Waals surface area contributed by atoms with E-state index in [0.717, 1.165) is 26.5 Å². The number of allylic oxidation sites excluding steroid dienone is 1. The molecule has 4 N–H and O–H groups in total. The average molecular weight is 602 g/mol. The lowest BCUT2D eigenvalue weighted by Crippen LogP contribution is -2.50.